The van der Waals surface area contributed by atoms with Crippen LogP contribution in [0.25, 0.3) is 0 Å². The number of allylic oxidation sites excluding steroid dienone is 1. The van der Waals surface area contributed by atoms with Crippen LogP contribution < -0.4 is 0 Å². The molecule has 0 amide bonds. The molecular weight excluding hydrogens is 229 g/mol. The molecule has 88 valence electrons. The zero-order valence-electron chi connectivity index (χ0n) is 7.72. The van der Waals surface area contributed by atoms with Gasteiger partial charge in [-0.2, -0.15) is 30.7 Å². The summed E-state index contributed by atoms with van der Waals surface area (Å²) < 4.78 is 84.0. The van der Waals surface area contributed by atoms with Crippen molar-refractivity contribution in [3.05, 3.63) is 17.4 Å². The fraction of sp³-hybridized carbons (Fsp3) is 0.625. The minimum Gasteiger partial charge on any atom is -0.194 e. The van der Waals surface area contributed by atoms with Gasteiger partial charge in [-0.15, -0.1) is 5.73 Å². The van der Waals surface area contributed by atoms with Gasteiger partial charge in [0.15, 0.2) is 0 Å². The minimum atomic E-state index is -6.30. The van der Waals surface area contributed by atoms with E-state index in [9.17, 15) is 30.7 Å². The second-order valence-electron chi connectivity index (χ2n) is 2.98. The van der Waals surface area contributed by atoms with E-state index in [-0.39, 0.29) is 5.57 Å². The van der Waals surface area contributed by atoms with E-state index in [1.165, 1.54) is 13.8 Å². The van der Waals surface area contributed by atoms with Gasteiger partial charge in [0.05, 0.1) is 0 Å². The van der Waals surface area contributed by atoms with Crippen molar-refractivity contribution in [2.24, 2.45) is 0 Å². The van der Waals surface area contributed by atoms with Crippen molar-refractivity contribution in [3.63, 3.8) is 0 Å². The van der Waals surface area contributed by atoms with Crippen LogP contribution in [0.4, 0.5) is 30.7 Å². The first-order valence-corrected chi connectivity index (χ1v) is 3.65. The fourth-order valence-corrected chi connectivity index (χ4v) is 0.515. The van der Waals surface area contributed by atoms with Crippen LogP contribution in [0.1, 0.15) is 13.8 Å². The summed E-state index contributed by atoms with van der Waals surface area (Å²) in [5.41, 5.74) is 1.69. The molecule has 0 aromatic heterocycles. The molecular formula is C8H7F7. The largest absolute Gasteiger partial charge is 0.460 e. The maximum atomic E-state index is 12.5. The summed E-state index contributed by atoms with van der Waals surface area (Å²) in [5, 5.41) is 0. The quantitative estimate of drug-likeness (QED) is 0.503. The lowest BCUT2D eigenvalue weighted by Gasteiger charge is -2.25. The van der Waals surface area contributed by atoms with E-state index in [1.54, 1.807) is 5.73 Å². The summed E-state index contributed by atoms with van der Waals surface area (Å²) >= 11 is 0. The van der Waals surface area contributed by atoms with Crippen LogP contribution in [-0.2, 0) is 0 Å². The predicted octanol–water partition coefficient (Wildman–Crippen LogP) is 3.94. The van der Waals surface area contributed by atoms with E-state index >= 15 is 0 Å². The third-order valence-corrected chi connectivity index (χ3v) is 1.32. The molecule has 0 atom stereocenters. The molecule has 0 aliphatic carbocycles. The highest BCUT2D eigenvalue weighted by Crippen LogP contribution is 2.46. The van der Waals surface area contributed by atoms with E-state index in [1.807, 2.05) is 0 Å². The van der Waals surface area contributed by atoms with Gasteiger partial charge in [0, 0.05) is 6.08 Å². The molecule has 7 heteroatoms. The Morgan fingerprint density at radius 1 is 0.933 bits per heavy atom. The van der Waals surface area contributed by atoms with Gasteiger partial charge < -0.3 is 0 Å². The third kappa shape index (κ3) is 2.99. The van der Waals surface area contributed by atoms with Crippen molar-refractivity contribution < 1.29 is 30.7 Å². The average molecular weight is 236 g/mol. The van der Waals surface area contributed by atoms with Crippen LogP contribution in [0.2, 0.25) is 0 Å². The minimum absolute atomic E-state index is 0.0626. The Balaban J connectivity index is 5.30. The van der Waals surface area contributed by atoms with E-state index in [4.69, 9.17) is 0 Å². The Hall–Kier alpha value is -0.970. The average Bonchev–Trinajstić information content (AvgIpc) is 1.98. The van der Waals surface area contributed by atoms with Crippen molar-refractivity contribution in [2.45, 2.75) is 31.9 Å². The molecule has 0 nitrogen and oxygen atoms in total. The van der Waals surface area contributed by atoms with Gasteiger partial charge in [0.1, 0.15) is 0 Å². The van der Waals surface area contributed by atoms with Crippen LogP contribution in [-0.4, -0.2) is 18.0 Å². The highest BCUT2D eigenvalue weighted by molar-refractivity contribution is 5.07. The summed E-state index contributed by atoms with van der Waals surface area (Å²) in [5.74, 6) is -11.4. The highest BCUT2D eigenvalue weighted by Gasteiger charge is 2.72. The van der Waals surface area contributed by atoms with Crippen LogP contribution in [0.3, 0.4) is 0 Å². The molecule has 0 aliphatic heterocycles. The monoisotopic (exact) mass is 236 g/mol. The molecule has 0 radical (unpaired) electrons. The Bertz CT molecular complexity index is 287. The van der Waals surface area contributed by atoms with Crippen LogP contribution >= 0.6 is 0 Å². The summed E-state index contributed by atoms with van der Waals surface area (Å²) in [6.07, 6.45) is -6.87. The second-order valence-corrected chi connectivity index (χ2v) is 2.98. The Morgan fingerprint density at radius 3 is 1.60 bits per heavy atom. The zero-order chi connectivity index (χ0) is 12.5. The molecule has 0 heterocycles. The zero-order valence-corrected chi connectivity index (χ0v) is 7.72. The normalized spacial score (nSPS) is 13.4. The van der Waals surface area contributed by atoms with Gasteiger partial charge in [-0.1, -0.05) is 0 Å². The van der Waals surface area contributed by atoms with Crippen molar-refractivity contribution >= 4 is 0 Å². The Morgan fingerprint density at radius 2 is 1.33 bits per heavy atom. The molecule has 0 saturated carbocycles. The van der Waals surface area contributed by atoms with Crippen molar-refractivity contribution in [3.8, 4) is 0 Å². The second kappa shape index (κ2) is 3.89. The molecule has 0 aromatic carbocycles. The van der Waals surface area contributed by atoms with Crippen molar-refractivity contribution in [2.75, 3.05) is 0 Å². The molecule has 0 bridgehead atoms. The number of hydrogen-bond donors (Lipinski definition) is 0. The van der Waals surface area contributed by atoms with Gasteiger partial charge in [-0.25, -0.2) is 0 Å². The molecule has 0 rings (SSSR count). The first-order valence-electron chi connectivity index (χ1n) is 3.65. The lowest BCUT2D eigenvalue weighted by atomic mass is 10.1. The summed E-state index contributed by atoms with van der Waals surface area (Å²) in [7, 11) is 0. The molecule has 0 saturated heterocycles. The maximum absolute atomic E-state index is 12.5. The van der Waals surface area contributed by atoms with Gasteiger partial charge >= 0.3 is 18.0 Å². The number of halogens is 7. The molecule has 0 N–H and O–H groups in total. The Kier molecular flexibility index (Phi) is 3.63. The third-order valence-electron chi connectivity index (χ3n) is 1.32. The van der Waals surface area contributed by atoms with Crippen LogP contribution in [0.15, 0.2) is 17.4 Å². The molecule has 0 unspecified atom stereocenters. The summed E-state index contributed by atoms with van der Waals surface area (Å²) in [6, 6.07) is 0. The number of alkyl halides is 7. The van der Waals surface area contributed by atoms with Crippen molar-refractivity contribution in [1.29, 1.82) is 0 Å². The number of hydrogen-bond acceptors (Lipinski definition) is 0. The topological polar surface area (TPSA) is 0 Å². The number of rotatable bonds is 2. The lowest BCUT2D eigenvalue weighted by molar-refractivity contribution is -0.341. The van der Waals surface area contributed by atoms with Gasteiger partial charge in [0.2, 0.25) is 0 Å². The molecule has 0 aromatic rings. The molecule has 15 heavy (non-hydrogen) atoms. The molecule has 0 spiro atoms. The van der Waals surface area contributed by atoms with Crippen LogP contribution in [0.5, 0.6) is 0 Å². The van der Waals surface area contributed by atoms with E-state index in [0.29, 0.717) is 0 Å². The first-order chi connectivity index (χ1) is 6.42. The fourth-order valence-electron chi connectivity index (χ4n) is 0.515. The highest BCUT2D eigenvalue weighted by atomic mass is 19.4. The standard InChI is InChI=1S/C8H7F7/c1-5(2)3-4-6(9,10)7(11,12)8(13,14)15/h4H,1-2H3. The first kappa shape index (κ1) is 14.0. The smallest absolute Gasteiger partial charge is 0.194 e. The SMILES string of the molecule is CC(C)=C=CC(F)(F)C(F)(F)C(F)(F)F. The van der Waals surface area contributed by atoms with E-state index in [2.05, 4.69) is 0 Å². The lowest BCUT2D eigenvalue weighted by Crippen LogP contribution is -2.50. The maximum Gasteiger partial charge on any atom is 0.460 e. The van der Waals surface area contributed by atoms with Gasteiger partial charge in [-0.3, -0.25) is 0 Å². The summed E-state index contributed by atoms with van der Waals surface area (Å²) in [4.78, 5) is 0. The van der Waals surface area contributed by atoms with Crippen LogP contribution in [0, 0.1) is 0 Å². The summed E-state index contributed by atoms with van der Waals surface area (Å²) in [6.45, 7) is 2.47. The molecule has 0 aliphatic rings. The van der Waals surface area contributed by atoms with Gasteiger partial charge in [-0.05, 0) is 19.4 Å². The van der Waals surface area contributed by atoms with E-state index < -0.39 is 24.1 Å². The Labute approximate surface area is 81.1 Å². The predicted molar refractivity (Wildman–Crippen MR) is 38.9 cm³/mol. The van der Waals surface area contributed by atoms with Gasteiger partial charge in [0.25, 0.3) is 0 Å². The molecule has 0 fully saturated rings. The van der Waals surface area contributed by atoms with Crippen molar-refractivity contribution in [1.82, 2.24) is 0 Å². The van der Waals surface area contributed by atoms with E-state index in [0.717, 1.165) is 0 Å².